The second-order valence-corrected chi connectivity index (χ2v) is 5.85. The molecule has 2 heterocycles. The van der Waals surface area contributed by atoms with Crippen molar-refractivity contribution in [1.82, 2.24) is 9.78 Å². The number of nitrogens with zero attached hydrogens (tertiary/aromatic N) is 2. The summed E-state index contributed by atoms with van der Waals surface area (Å²) in [6.07, 6.45) is 0. The Labute approximate surface area is 143 Å². The highest BCUT2D eigenvalue weighted by Gasteiger charge is 2.14. The van der Waals surface area contributed by atoms with E-state index in [-0.39, 0.29) is 12.4 Å². The van der Waals surface area contributed by atoms with Gasteiger partial charge >= 0.3 is 0 Å². The largest absolute Gasteiger partial charge is 0.454 e. The molecule has 5 nitrogen and oxygen atoms in total. The first kappa shape index (κ1) is 14.8. The van der Waals surface area contributed by atoms with Crippen LogP contribution in [0.2, 0.25) is 5.02 Å². The number of hydrogen-bond acceptors (Lipinski definition) is 4. The SMILES string of the molecule is O=c1ccc(-c2ccc3c(c2)OCO3)nn1Cc1ccc(Cl)cc1. The average molecular weight is 341 g/mol. The molecule has 2 aromatic carbocycles. The predicted molar refractivity (Wildman–Crippen MR) is 90.6 cm³/mol. The van der Waals surface area contributed by atoms with E-state index in [2.05, 4.69) is 5.10 Å². The van der Waals surface area contributed by atoms with E-state index in [0.717, 1.165) is 11.1 Å². The fourth-order valence-electron chi connectivity index (χ4n) is 2.53. The van der Waals surface area contributed by atoms with Crippen LogP contribution in [0.15, 0.2) is 59.4 Å². The van der Waals surface area contributed by atoms with Gasteiger partial charge in [-0.2, -0.15) is 5.10 Å². The molecule has 3 aromatic rings. The molecule has 0 saturated heterocycles. The summed E-state index contributed by atoms with van der Waals surface area (Å²) in [6.45, 7) is 0.608. The van der Waals surface area contributed by atoms with Crippen molar-refractivity contribution < 1.29 is 9.47 Å². The van der Waals surface area contributed by atoms with Gasteiger partial charge in [-0.25, -0.2) is 4.68 Å². The van der Waals surface area contributed by atoms with Gasteiger partial charge in [-0.15, -0.1) is 0 Å². The Morgan fingerprint density at radius 1 is 1.00 bits per heavy atom. The van der Waals surface area contributed by atoms with Gasteiger partial charge in [-0.05, 0) is 42.0 Å². The van der Waals surface area contributed by atoms with Crippen LogP contribution in [-0.4, -0.2) is 16.6 Å². The summed E-state index contributed by atoms with van der Waals surface area (Å²) in [7, 11) is 0. The fourth-order valence-corrected chi connectivity index (χ4v) is 2.66. The van der Waals surface area contributed by atoms with Crippen molar-refractivity contribution >= 4 is 11.6 Å². The lowest BCUT2D eigenvalue weighted by Crippen LogP contribution is -2.22. The average Bonchev–Trinajstić information content (AvgIpc) is 3.06. The second-order valence-electron chi connectivity index (χ2n) is 5.41. The van der Waals surface area contributed by atoms with Crippen molar-refractivity contribution in [3.63, 3.8) is 0 Å². The first-order chi connectivity index (χ1) is 11.7. The minimum Gasteiger partial charge on any atom is -0.454 e. The topological polar surface area (TPSA) is 53.4 Å². The zero-order chi connectivity index (χ0) is 16.5. The Balaban J connectivity index is 1.68. The van der Waals surface area contributed by atoms with Crippen LogP contribution in [0.3, 0.4) is 0 Å². The molecule has 0 unspecified atom stereocenters. The third-order valence-electron chi connectivity index (χ3n) is 3.78. The van der Waals surface area contributed by atoms with Crippen LogP contribution < -0.4 is 15.0 Å². The van der Waals surface area contributed by atoms with E-state index in [1.807, 2.05) is 30.3 Å². The van der Waals surface area contributed by atoms with Crippen molar-refractivity contribution in [2.24, 2.45) is 0 Å². The molecule has 0 saturated carbocycles. The molecule has 1 aromatic heterocycles. The van der Waals surface area contributed by atoms with Gasteiger partial charge in [-0.3, -0.25) is 4.79 Å². The van der Waals surface area contributed by atoms with Crippen molar-refractivity contribution in [1.29, 1.82) is 0 Å². The molecule has 0 spiro atoms. The second kappa shape index (κ2) is 6.02. The zero-order valence-electron chi connectivity index (χ0n) is 12.6. The minimum absolute atomic E-state index is 0.158. The molecule has 0 N–H and O–H groups in total. The quantitative estimate of drug-likeness (QED) is 0.733. The van der Waals surface area contributed by atoms with E-state index >= 15 is 0 Å². The van der Waals surface area contributed by atoms with Crippen molar-refractivity contribution in [3.05, 3.63) is 75.5 Å². The Hall–Kier alpha value is -2.79. The van der Waals surface area contributed by atoms with Crippen LogP contribution in [0.1, 0.15) is 5.56 Å². The van der Waals surface area contributed by atoms with Crippen molar-refractivity contribution in [3.8, 4) is 22.8 Å². The van der Waals surface area contributed by atoms with E-state index in [1.54, 1.807) is 18.2 Å². The monoisotopic (exact) mass is 340 g/mol. The smallest absolute Gasteiger partial charge is 0.267 e. The molecule has 0 radical (unpaired) electrons. The molecule has 0 aliphatic carbocycles. The Morgan fingerprint density at radius 2 is 1.79 bits per heavy atom. The van der Waals surface area contributed by atoms with E-state index in [9.17, 15) is 4.79 Å². The summed E-state index contributed by atoms with van der Waals surface area (Å²) in [6, 6.07) is 16.2. The van der Waals surface area contributed by atoms with Crippen molar-refractivity contribution in [2.45, 2.75) is 6.54 Å². The lowest BCUT2D eigenvalue weighted by molar-refractivity contribution is 0.174. The lowest BCUT2D eigenvalue weighted by Gasteiger charge is -2.08. The number of halogens is 1. The van der Waals surface area contributed by atoms with Gasteiger partial charge in [0.15, 0.2) is 11.5 Å². The molecule has 6 heteroatoms. The molecule has 1 aliphatic heterocycles. The summed E-state index contributed by atoms with van der Waals surface area (Å²) in [5.41, 5.74) is 2.36. The number of hydrogen-bond donors (Lipinski definition) is 0. The first-order valence-corrected chi connectivity index (χ1v) is 7.79. The van der Waals surface area contributed by atoms with E-state index in [4.69, 9.17) is 21.1 Å². The molecular weight excluding hydrogens is 328 g/mol. The summed E-state index contributed by atoms with van der Waals surface area (Å²) < 4.78 is 12.1. The van der Waals surface area contributed by atoms with Gasteiger partial charge in [-0.1, -0.05) is 23.7 Å². The summed E-state index contributed by atoms with van der Waals surface area (Å²) in [4.78, 5) is 12.1. The van der Waals surface area contributed by atoms with Gasteiger partial charge in [0.2, 0.25) is 6.79 Å². The maximum Gasteiger partial charge on any atom is 0.267 e. The number of fused-ring (bicyclic) bond motifs is 1. The van der Waals surface area contributed by atoms with Gasteiger partial charge < -0.3 is 9.47 Å². The van der Waals surface area contributed by atoms with E-state index in [0.29, 0.717) is 28.8 Å². The predicted octanol–water partition coefficient (Wildman–Crippen LogP) is 3.34. The maximum atomic E-state index is 12.1. The van der Waals surface area contributed by atoms with E-state index < -0.39 is 0 Å². The molecule has 0 fully saturated rings. The highest BCUT2D eigenvalue weighted by Crippen LogP contribution is 2.35. The molecule has 0 amide bonds. The highest BCUT2D eigenvalue weighted by molar-refractivity contribution is 6.30. The van der Waals surface area contributed by atoms with Crippen molar-refractivity contribution in [2.75, 3.05) is 6.79 Å². The first-order valence-electron chi connectivity index (χ1n) is 7.42. The molecule has 24 heavy (non-hydrogen) atoms. The number of ether oxygens (including phenoxy) is 2. The fraction of sp³-hybridized carbons (Fsp3) is 0.111. The number of aromatic nitrogens is 2. The van der Waals surface area contributed by atoms with Crippen LogP contribution in [0.5, 0.6) is 11.5 Å². The Kier molecular flexibility index (Phi) is 3.70. The lowest BCUT2D eigenvalue weighted by atomic mass is 10.1. The minimum atomic E-state index is -0.158. The van der Waals surface area contributed by atoms with Crippen LogP contribution >= 0.6 is 11.6 Å². The molecule has 120 valence electrons. The van der Waals surface area contributed by atoms with Crippen LogP contribution in [-0.2, 0) is 6.54 Å². The Morgan fingerprint density at radius 3 is 2.62 bits per heavy atom. The molecular formula is C18H13ClN2O3. The van der Waals surface area contributed by atoms with Crippen LogP contribution in [0.4, 0.5) is 0 Å². The summed E-state index contributed by atoms with van der Waals surface area (Å²) >= 11 is 5.89. The third-order valence-corrected chi connectivity index (χ3v) is 4.03. The summed E-state index contributed by atoms with van der Waals surface area (Å²) in [5, 5.41) is 5.12. The van der Waals surface area contributed by atoms with Crippen LogP contribution in [0, 0.1) is 0 Å². The molecule has 4 rings (SSSR count). The Bertz CT molecular complexity index is 951. The molecule has 1 aliphatic rings. The summed E-state index contributed by atoms with van der Waals surface area (Å²) in [5.74, 6) is 1.40. The van der Waals surface area contributed by atoms with Gasteiger partial charge in [0, 0.05) is 16.7 Å². The molecule has 0 atom stereocenters. The number of benzene rings is 2. The van der Waals surface area contributed by atoms with Gasteiger partial charge in [0.25, 0.3) is 5.56 Å². The van der Waals surface area contributed by atoms with Crippen LogP contribution in [0.25, 0.3) is 11.3 Å². The molecule has 0 bridgehead atoms. The normalized spacial score (nSPS) is 12.4. The zero-order valence-corrected chi connectivity index (χ0v) is 13.4. The van der Waals surface area contributed by atoms with E-state index in [1.165, 1.54) is 10.7 Å². The van der Waals surface area contributed by atoms with Gasteiger partial charge in [0.05, 0.1) is 12.2 Å². The number of rotatable bonds is 3. The third kappa shape index (κ3) is 2.86. The highest BCUT2D eigenvalue weighted by atomic mass is 35.5. The van der Waals surface area contributed by atoms with Gasteiger partial charge in [0.1, 0.15) is 0 Å². The standard InChI is InChI=1S/C18H13ClN2O3/c19-14-4-1-12(2-5-14)10-21-18(22)8-6-15(20-21)13-3-7-16-17(9-13)24-11-23-16/h1-9H,10-11H2. The maximum absolute atomic E-state index is 12.1.